The first kappa shape index (κ1) is 17.4. The highest BCUT2D eigenvalue weighted by atomic mass is 32.1. The van der Waals surface area contributed by atoms with Crippen LogP contribution in [0.3, 0.4) is 0 Å². The number of aryl methyl sites for hydroxylation is 1. The Kier molecular flexibility index (Phi) is 5.86. The molecule has 0 atom stereocenters. The van der Waals surface area contributed by atoms with Gasteiger partial charge in [-0.15, -0.1) is 22.7 Å². The molecule has 5 nitrogen and oxygen atoms in total. The maximum atomic E-state index is 12.0. The largest absolute Gasteiger partial charge is 0.380 e. The fraction of sp³-hybridized carbons (Fsp3) is 0.529. The van der Waals surface area contributed by atoms with E-state index in [2.05, 4.69) is 27.6 Å². The van der Waals surface area contributed by atoms with Crippen molar-refractivity contribution in [3.8, 4) is 0 Å². The van der Waals surface area contributed by atoms with Crippen molar-refractivity contribution in [1.82, 2.24) is 9.88 Å². The van der Waals surface area contributed by atoms with E-state index in [-0.39, 0.29) is 5.91 Å². The maximum Gasteiger partial charge on any atom is 0.219 e. The lowest BCUT2D eigenvalue weighted by Crippen LogP contribution is -2.31. The normalized spacial score (nSPS) is 16.6. The number of carbonyl (C=O) groups is 1. The second-order valence-electron chi connectivity index (χ2n) is 6.00. The van der Waals surface area contributed by atoms with Crippen molar-refractivity contribution < 1.29 is 9.53 Å². The number of rotatable bonds is 2. The zero-order valence-corrected chi connectivity index (χ0v) is 15.8. The van der Waals surface area contributed by atoms with Gasteiger partial charge in [-0.2, -0.15) is 0 Å². The minimum Gasteiger partial charge on any atom is -0.380 e. The van der Waals surface area contributed by atoms with E-state index in [4.69, 9.17) is 4.74 Å². The van der Waals surface area contributed by atoms with E-state index in [0.717, 1.165) is 31.8 Å². The summed E-state index contributed by atoms with van der Waals surface area (Å²) in [6, 6.07) is 0. The molecule has 2 aromatic rings. The van der Waals surface area contributed by atoms with Crippen LogP contribution in [-0.2, 0) is 22.6 Å². The van der Waals surface area contributed by atoms with Gasteiger partial charge >= 0.3 is 0 Å². The van der Waals surface area contributed by atoms with E-state index in [0.29, 0.717) is 19.7 Å². The summed E-state index contributed by atoms with van der Waals surface area (Å²) in [4.78, 5) is 21.9. The molecule has 1 aliphatic rings. The molecule has 0 N–H and O–H groups in total. The number of ether oxygens (including phenoxy) is 1. The smallest absolute Gasteiger partial charge is 0.219 e. The van der Waals surface area contributed by atoms with Gasteiger partial charge in [0.2, 0.25) is 5.91 Å². The zero-order valence-electron chi connectivity index (χ0n) is 14.2. The molecule has 24 heavy (non-hydrogen) atoms. The Morgan fingerprint density at radius 1 is 1.33 bits per heavy atom. The Labute approximate surface area is 150 Å². The van der Waals surface area contributed by atoms with Crippen LogP contribution >= 0.6 is 22.7 Å². The summed E-state index contributed by atoms with van der Waals surface area (Å²) in [7, 11) is 0. The molecule has 0 aromatic carbocycles. The summed E-state index contributed by atoms with van der Waals surface area (Å²) in [5.41, 5.74) is 5.51. The predicted molar refractivity (Wildman–Crippen MR) is 98.7 cm³/mol. The standard InChI is InChI=1S/C17H23N3O2S2/c1-13-10-24-16-9-19(14(2)21)5-7-22-6-3-4-20(17(13)16)8-15-11-23-12-18-15/h10-12H,3-9H2,1-2H3. The second-order valence-corrected chi connectivity index (χ2v) is 7.68. The fourth-order valence-corrected chi connectivity index (χ4v) is 4.58. The van der Waals surface area contributed by atoms with Gasteiger partial charge in [0.15, 0.2) is 0 Å². The molecule has 1 aliphatic heterocycles. The number of aromatic nitrogens is 1. The first-order valence-electron chi connectivity index (χ1n) is 8.17. The van der Waals surface area contributed by atoms with Crippen molar-refractivity contribution in [1.29, 1.82) is 0 Å². The van der Waals surface area contributed by atoms with E-state index < -0.39 is 0 Å². The average molecular weight is 366 g/mol. The number of carbonyl (C=O) groups excluding carboxylic acids is 1. The molecule has 0 saturated carbocycles. The highest BCUT2D eigenvalue weighted by Crippen LogP contribution is 2.33. The van der Waals surface area contributed by atoms with Crippen LogP contribution in [0.2, 0.25) is 0 Å². The van der Waals surface area contributed by atoms with Gasteiger partial charge in [0.1, 0.15) is 0 Å². The van der Waals surface area contributed by atoms with Crippen LogP contribution in [0.15, 0.2) is 16.3 Å². The molecule has 1 amide bonds. The lowest BCUT2D eigenvalue weighted by molar-refractivity contribution is -0.130. The molecule has 0 spiro atoms. The number of thiazole rings is 1. The van der Waals surface area contributed by atoms with Gasteiger partial charge in [0.25, 0.3) is 0 Å². The Morgan fingerprint density at radius 2 is 2.21 bits per heavy atom. The lowest BCUT2D eigenvalue weighted by Gasteiger charge is -2.26. The maximum absolute atomic E-state index is 12.0. The topological polar surface area (TPSA) is 45.7 Å². The summed E-state index contributed by atoms with van der Waals surface area (Å²) >= 11 is 3.37. The van der Waals surface area contributed by atoms with E-state index in [9.17, 15) is 4.79 Å². The van der Waals surface area contributed by atoms with Crippen LogP contribution in [0, 0.1) is 6.92 Å². The van der Waals surface area contributed by atoms with Crippen molar-refractivity contribution in [2.24, 2.45) is 0 Å². The molecule has 3 heterocycles. The number of nitrogens with zero attached hydrogens (tertiary/aromatic N) is 3. The molecule has 0 fully saturated rings. The fourth-order valence-electron chi connectivity index (χ4n) is 2.97. The molecule has 130 valence electrons. The minimum absolute atomic E-state index is 0.0981. The van der Waals surface area contributed by atoms with E-state index in [1.807, 2.05) is 10.4 Å². The summed E-state index contributed by atoms with van der Waals surface area (Å²) in [6.45, 7) is 8.14. The Morgan fingerprint density at radius 3 is 2.96 bits per heavy atom. The molecule has 0 bridgehead atoms. The third kappa shape index (κ3) is 4.15. The Bertz CT molecular complexity index is 669. The van der Waals surface area contributed by atoms with Gasteiger partial charge in [-0.3, -0.25) is 4.79 Å². The molecule has 0 saturated heterocycles. The van der Waals surface area contributed by atoms with E-state index >= 15 is 0 Å². The number of thiophene rings is 1. The second kappa shape index (κ2) is 8.09. The SMILES string of the molecule is CC(=O)N1CCOCCCN(Cc2cscn2)c2c(C)csc2C1. The first-order chi connectivity index (χ1) is 11.6. The molecular formula is C17H23N3O2S2. The summed E-state index contributed by atoms with van der Waals surface area (Å²) in [5, 5.41) is 4.30. The number of anilines is 1. The molecule has 2 aromatic heterocycles. The van der Waals surface area contributed by atoms with Crippen LogP contribution in [0.25, 0.3) is 0 Å². The molecule has 7 heteroatoms. The van der Waals surface area contributed by atoms with Crippen LogP contribution in [-0.4, -0.2) is 42.1 Å². The molecule has 0 aliphatic carbocycles. The quantitative estimate of drug-likeness (QED) is 0.819. The number of hydrogen-bond donors (Lipinski definition) is 0. The first-order valence-corrected chi connectivity index (χ1v) is 9.99. The van der Waals surface area contributed by atoms with Crippen molar-refractivity contribution in [3.05, 3.63) is 32.4 Å². The van der Waals surface area contributed by atoms with Crippen molar-refractivity contribution in [2.75, 3.05) is 31.2 Å². The Balaban J connectivity index is 1.91. The van der Waals surface area contributed by atoms with Crippen molar-refractivity contribution >= 4 is 34.3 Å². The van der Waals surface area contributed by atoms with E-state index in [1.165, 1.54) is 16.1 Å². The molecule has 0 radical (unpaired) electrons. The summed E-state index contributed by atoms with van der Waals surface area (Å²) in [5.74, 6) is 0.0981. The highest BCUT2D eigenvalue weighted by Gasteiger charge is 2.21. The lowest BCUT2D eigenvalue weighted by atomic mass is 10.2. The average Bonchev–Trinajstić information content (AvgIpc) is 3.16. The van der Waals surface area contributed by atoms with E-state index in [1.54, 1.807) is 29.6 Å². The van der Waals surface area contributed by atoms with Gasteiger partial charge in [0, 0.05) is 36.9 Å². The van der Waals surface area contributed by atoms with Crippen LogP contribution < -0.4 is 4.90 Å². The van der Waals surface area contributed by atoms with Gasteiger partial charge in [-0.1, -0.05) is 0 Å². The van der Waals surface area contributed by atoms with Gasteiger partial charge in [-0.25, -0.2) is 4.98 Å². The number of fused-ring (bicyclic) bond motifs is 1. The van der Waals surface area contributed by atoms with Crippen LogP contribution in [0.1, 0.15) is 29.5 Å². The van der Waals surface area contributed by atoms with Crippen molar-refractivity contribution in [3.63, 3.8) is 0 Å². The number of hydrogen-bond acceptors (Lipinski definition) is 6. The van der Waals surface area contributed by atoms with Gasteiger partial charge in [-0.05, 0) is 24.3 Å². The predicted octanol–water partition coefficient (Wildman–Crippen LogP) is 3.29. The third-order valence-electron chi connectivity index (χ3n) is 4.17. The molecule has 3 rings (SSSR count). The molecular weight excluding hydrogens is 342 g/mol. The third-order valence-corrected chi connectivity index (χ3v) is 5.88. The van der Waals surface area contributed by atoms with Gasteiger partial charge in [0.05, 0.1) is 36.6 Å². The highest BCUT2D eigenvalue weighted by molar-refractivity contribution is 7.10. The number of amides is 1. The summed E-state index contributed by atoms with van der Waals surface area (Å²) < 4.78 is 5.70. The Hall–Kier alpha value is -1.44. The zero-order chi connectivity index (χ0) is 16.9. The summed E-state index contributed by atoms with van der Waals surface area (Å²) in [6.07, 6.45) is 0.971. The monoisotopic (exact) mass is 365 g/mol. The minimum atomic E-state index is 0.0981. The van der Waals surface area contributed by atoms with Crippen molar-refractivity contribution in [2.45, 2.75) is 33.4 Å². The van der Waals surface area contributed by atoms with Gasteiger partial charge < -0.3 is 14.5 Å². The van der Waals surface area contributed by atoms with Crippen LogP contribution in [0.4, 0.5) is 5.69 Å². The molecule has 0 unspecified atom stereocenters. The van der Waals surface area contributed by atoms with Crippen LogP contribution in [0.5, 0.6) is 0 Å².